The Hall–Kier alpha value is -2.96. The fourth-order valence-corrected chi connectivity index (χ4v) is 10.7. The van der Waals surface area contributed by atoms with Crippen molar-refractivity contribution in [1.29, 1.82) is 0 Å². The van der Waals surface area contributed by atoms with E-state index in [4.69, 9.17) is 9.47 Å². The molecule has 212 valence electrons. The van der Waals surface area contributed by atoms with Gasteiger partial charge in [0.1, 0.15) is 11.6 Å². The quantitative estimate of drug-likeness (QED) is 0.295. The molecule has 2 aliphatic carbocycles. The van der Waals surface area contributed by atoms with E-state index in [1.54, 1.807) is 24.8 Å². The zero-order chi connectivity index (χ0) is 28.6. The van der Waals surface area contributed by atoms with Crippen LogP contribution in [0.25, 0.3) is 0 Å². The van der Waals surface area contributed by atoms with E-state index >= 15 is 0 Å². The summed E-state index contributed by atoms with van der Waals surface area (Å²) in [4.78, 5) is 57.2. The van der Waals surface area contributed by atoms with Crippen LogP contribution in [0.2, 0.25) is 0 Å². The van der Waals surface area contributed by atoms with E-state index in [1.807, 2.05) is 12.1 Å². The standard InChI is InChI=1S/C29H24BrFN2O6S2/c1-2-38-19(34)11-39-18-8-3-12(30)9-15(18)20-21-16-10-17(24(21)40-26-25(20)41-29(37)32-26)23-22(16)27(35)33(28(23)36)14-6-4-13(31)5-7-14/h3-9,16-17,20-24H,2,10-11H2,1H3,(H,32,37)/t16?,17?,20-,21?,22?,23?,24?/m1/s1. The number of thioether (sulfide) groups is 1. The lowest BCUT2D eigenvalue weighted by atomic mass is 9.68. The third kappa shape index (κ3) is 4.20. The summed E-state index contributed by atoms with van der Waals surface area (Å²) in [6.45, 7) is 1.71. The number of hydrogen-bond donors (Lipinski definition) is 1. The Balaban J connectivity index is 1.30. The molecule has 2 amide bonds. The van der Waals surface area contributed by atoms with Crippen LogP contribution in [0.4, 0.5) is 10.1 Å². The number of ether oxygens (including phenoxy) is 2. The van der Waals surface area contributed by atoms with Crippen molar-refractivity contribution in [3.05, 3.63) is 72.9 Å². The van der Waals surface area contributed by atoms with Gasteiger partial charge >= 0.3 is 10.8 Å². The summed E-state index contributed by atoms with van der Waals surface area (Å²) < 4.78 is 25.4. The molecule has 3 aromatic rings. The van der Waals surface area contributed by atoms with Gasteiger partial charge in [-0.1, -0.05) is 27.3 Å². The number of benzene rings is 2. The molecular formula is C29H24BrFN2O6S2. The first-order valence-electron chi connectivity index (χ1n) is 13.4. The predicted octanol–water partition coefficient (Wildman–Crippen LogP) is 4.96. The maximum Gasteiger partial charge on any atom is 0.344 e. The van der Waals surface area contributed by atoms with Gasteiger partial charge in [0.2, 0.25) is 11.8 Å². The zero-order valence-corrected chi connectivity index (χ0v) is 24.9. The molecule has 6 unspecified atom stereocenters. The number of nitrogens with zero attached hydrogens (tertiary/aromatic N) is 1. The lowest BCUT2D eigenvalue weighted by Crippen LogP contribution is -2.42. The summed E-state index contributed by atoms with van der Waals surface area (Å²) in [5, 5.41) is 0.768. The fourth-order valence-electron chi connectivity index (χ4n) is 7.44. The summed E-state index contributed by atoms with van der Waals surface area (Å²) in [7, 11) is 0. The van der Waals surface area contributed by atoms with Crippen LogP contribution in [0.5, 0.6) is 5.75 Å². The van der Waals surface area contributed by atoms with Crippen LogP contribution in [0.1, 0.15) is 29.7 Å². The number of nitrogens with one attached hydrogen (secondary N) is 1. The number of thiazole rings is 1. The number of esters is 1. The first-order valence-corrected chi connectivity index (χ1v) is 15.9. The molecule has 41 heavy (non-hydrogen) atoms. The van der Waals surface area contributed by atoms with Crippen molar-refractivity contribution in [2.45, 2.75) is 29.5 Å². The van der Waals surface area contributed by atoms with Crippen LogP contribution in [-0.4, -0.2) is 41.2 Å². The van der Waals surface area contributed by atoms with Crippen molar-refractivity contribution in [2.24, 2.45) is 29.6 Å². The number of carbonyl (C=O) groups is 3. The average Bonchev–Trinajstić information content (AvgIpc) is 3.67. The number of rotatable bonds is 6. The van der Waals surface area contributed by atoms with Gasteiger partial charge in [-0.2, -0.15) is 0 Å². The molecule has 2 aliphatic heterocycles. The lowest BCUT2D eigenvalue weighted by molar-refractivity contribution is -0.145. The van der Waals surface area contributed by atoms with Crippen LogP contribution < -0.4 is 14.5 Å². The van der Waals surface area contributed by atoms with Gasteiger partial charge < -0.3 is 14.5 Å². The number of carbonyl (C=O) groups excluding carboxylic acids is 3. The van der Waals surface area contributed by atoms with Crippen LogP contribution in [-0.2, 0) is 19.1 Å². The lowest BCUT2D eigenvalue weighted by Gasteiger charge is -2.43. The zero-order valence-electron chi connectivity index (χ0n) is 21.7. The van der Waals surface area contributed by atoms with Gasteiger partial charge in [0.05, 0.1) is 29.2 Å². The molecule has 0 radical (unpaired) electrons. The molecule has 3 heterocycles. The minimum absolute atomic E-state index is 0.00851. The summed E-state index contributed by atoms with van der Waals surface area (Å²) in [5.41, 5.74) is 1.19. The molecular weight excluding hydrogens is 635 g/mol. The summed E-state index contributed by atoms with van der Waals surface area (Å²) in [6.07, 6.45) is 0.731. The van der Waals surface area contributed by atoms with E-state index < -0.39 is 23.6 Å². The van der Waals surface area contributed by atoms with E-state index in [0.29, 0.717) is 11.4 Å². The minimum Gasteiger partial charge on any atom is -0.482 e. The molecule has 1 saturated heterocycles. The molecule has 1 aromatic heterocycles. The Morgan fingerprint density at radius 2 is 1.83 bits per heavy atom. The third-order valence-corrected chi connectivity index (χ3v) is 11.8. The van der Waals surface area contributed by atoms with Gasteiger partial charge in [-0.3, -0.25) is 19.3 Å². The van der Waals surface area contributed by atoms with E-state index in [2.05, 4.69) is 20.9 Å². The van der Waals surface area contributed by atoms with Gasteiger partial charge in [0.25, 0.3) is 0 Å². The highest BCUT2D eigenvalue weighted by molar-refractivity contribution is 9.10. The first kappa shape index (κ1) is 26.9. The van der Waals surface area contributed by atoms with Crippen LogP contribution in [0.3, 0.4) is 0 Å². The van der Waals surface area contributed by atoms with Gasteiger partial charge in [0, 0.05) is 26.1 Å². The van der Waals surface area contributed by atoms with Gasteiger partial charge in [-0.25, -0.2) is 9.18 Å². The number of imide groups is 1. The highest BCUT2D eigenvalue weighted by Gasteiger charge is 2.69. The van der Waals surface area contributed by atoms with Crippen molar-refractivity contribution in [2.75, 3.05) is 18.1 Å². The van der Waals surface area contributed by atoms with E-state index in [9.17, 15) is 23.6 Å². The topological polar surface area (TPSA) is 106 Å². The highest BCUT2D eigenvalue weighted by atomic mass is 79.9. The molecule has 0 spiro atoms. The number of anilines is 1. The maximum atomic E-state index is 13.9. The molecule has 2 bridgehead atoms. The SMILES string of the molecule is CCOC(=O)COc1ccc(Br)cc1[C@H]1c2sc(=O)[nH]c2SC2C3CC(C4C(=O)N(c5ccc(F)cc5)C(=O)C34)C21. The Morgan fingerprint density at radius 1 is 1.10 bits per heavy atom. The molecule has 2 aromatic carbocycles. The number of amides is 2. The van der Waals surface area contributed by atoms with Crippen molar-refractivity contribution in [1.82, 2.24) is 4.98 Å². The molecule has 3 fully saturated rings. The second-order valence-electron chi connectivity index (χ2n) is 10.7. The number of H-pyrrole nitrogens is 1. The molecule has 2 saturated carbocycles. The Kier molecular flexibility index (Phi) is 6.62. The van der Waals surface area contributed by atoms with E-state index in [0.717, 1.165) is 37.7 Å². The van der Waals surface area contributed by atoms with Crippen LogP contribution >= 0.6 is 39.0 Å². The van der Waals surface area contributed by atoms with Crippen molar-refractivity contribution >= 4 is 62.5 Å². The molecule has 1 N–H and O–H groups in total. The fraction of sp³-hybridized carbons (Fsp3) is 0.379. The summed E-state index contributed by atoms with van der Waals surface area (Å²) in [6, 6.07) is 11.0. The predicted molar refractivity (Wildman–Crippen MR) is 154 cm³/mol. The number of halogens is 2. The highest BCUT2D eigenvalue weighted by Crippen LogP contribution is 2.69. The minimum atomic E-state index is -0.491. The third-order valence-electron chi connectivity index (χ3n) is 8.77. The number of aromatic amines is 1. The number of aromatic nitrogens is 1. The second-order valence-corrected chi connectivity index (χ2v) is 13.8. The summed E-state index contributed by atoms with van der Waals surface area (Å²) in [5.74, 6) is -2.34. The van der Waals surface area contributed by atoms with E-state index in [-0.39, 0.29) is 58.8 Å². The van der Waals surface area contributed by atoms with Gasteiger partial charge in [-0.15, -0.1) is 11.8 Å². The van der Waals surface area contributed by atoms with Crippen molar-refractivity contribution in [3.8, 4) is 5.75 Å². The van der Waals surface area contributed by atoms with Crippen molar-refractivity contribution < 1.29 is 28.2 Å². The molecule has 12 heteroatoms. The average molecular weight is 660 g/mol. The maximum absolute atomic E-state index is 13.9. The Labute approximate surface area is 250 Å². The van der Waals surface area contributed by atoms with Crippen LogP contribution in [0.15, 0.2) is 56.8 Å². The molecule has 8 nitrogen and oxygen atoms in total. The monoisotopic (exact) mass is 658 g/mol. The van der Waals surface area contributed by atoms with Crippen LogP contribution in [0, 0.1) is 35.4 Å². The normalized spacial score (nSPS) is 29.3. The molecule has 7 rings (SSSR count). The Morgan fingerprint density at radius 3 is 2.56 bits per heavy atom. The van der Waals surface area contributed by atoms with Gasteiger partial charge in [-0.05, 0) is 73.6 Å². The molecule has 7 atom stereocenters. The molecule has 4 aliphatic rings. The number of fused-ring (bicyclic) bond motifs is 9. The van der Waals surface area contributed by atoms with Crippen molar-refractivity contribution in [3.63, 3.8) is 0 Å². The first-order chi connectivity index (χ1) is 19.8. The second kappa shape index (κ2) is 10.1. The smallest absolute Gasteiger partial charge is 0.344 e. The van der Waals surface area contributed by atoms with E-state index in [1.165, 1.54) is 29.2 Å². The summed E-state index contributed by atoms with van der Waals surface area (Å²) >= 11 is 6.32. The largest absolute Gasteiger partial charge is 0.482 e. The van der Waals surface area contributed by atoms with Gasteiger partial charge in [0.15, 0.2) is 6.61 Å². The Bertz CT molecular complexity index is 1640. The number of hydrogen-bond acceptors (Lipinski definition) is 8.